The van der Waals surface area contributed by atoms with Crippen LogP contribution in [-0.4, -0.2) is 42.4 Å². The molecule has 0 bridgehead atoms. The Balaban J connectivity index is 4.52. The zero-order valence-electron chi connectivity index (χ0n) is 15.2. The van der Waals surface area contributed by atoms with Gasteiger partial charge in [-0.25, -0.2) is 0 Å². The maximum absolute atomic E-state index is 9.10. The van der Waals surface area contributed by atoms with E-state index in [0.29, 0.717) is 6.61 Å². The summed E-state index contributed by atoms with van der Waals surface area (Å²) in [6.45, 7) is 12.7. The Bertz CT molecular complexity index is 160. The minimum atomic E-state index is 0.360. The molecule has 128 valence electrons. The number of nitrogens with zero attached hydrogens (tertiary/aromatic N) is 1. The molecule has 0 amide bonds. The Labute approximate surface area is 134 Å². The molecule has 0 aromatic carbocycles. The summed E-state index contributed by atoms with van der Waals surface area (Å²) in [7, 11) is 0. The average Bonchev–Trinajstić information content (AvgIpc) is 2.48. The normalized spacial score (nSPS) is 12.0. The quantitative estimate of drug-likeness (QED) is 0.309. The van der Waals surface area contributed by atoms with E-state index < -0.39 is 0 Å². The molecule has 0 saturated carbocycles. The van der Waals surface area contributed by atoms with Crippen molar-refractivity contribution >= 4 is 0 Å². The highest BCUT2D eigenvalue weighted by Crippen LogP contribution is 2.18. The second kappa shape index (κ2) is 14.8. The molecule has 0 rings (SSSR count). The molecule has 0 radical (unpaired) electrons. The van der Waals surface area contributed by atoms with Gasteiger partial charge in [-0.15, -0.1) is 0 Å². The van der Waals surface area contributed by atoms with Gasteiger partial charge in [0.1, 0.15) is 0 Å². The zero-order chi connectivity index (χ0) is 15.8. The lowest BCUT2D eigenvalue weighted by Crippen LogP contribution is -2.50. The van der Waals surface area contributed by atoms with Crippen molar-refractivity contribution in [3.05, 3.63) is 0 Å². The Morgan fingerprint density at radius 3 is 1.14 bits per heavy atom. The van der Waals surface area contributed by atoms with Gasteiger partial charge < -0.3 is 9.59 Å². The largest absolute Gasteiger partial charge is 0.396 e. The van der Waals surface area contributed by atoms with E-state index in [1.165, 1.54) is 94.9 Å². The van der Waals surface area contributed by atoms with Crippen molar-refractivity contribution < 1.29 is 9.59 Å². The SMILES string of the molecule is CCCCC[N+](CCCCC)(CCCCC)CCCCO. The van der Waals surface area contributed by atoms with Crippen molar-refractivity contribution in [2.45, 2.75) is 91.4 Å². The molecule has 0 aliphatic heterocycles. The molecule has 2 nitrogen and oxygen atoms in total. The third kappa shape index (κ3) is 11.2. The van der Waals surface area contributed by atoms with Crippen LogP contribution in [0.2, 0.25) is 0 Å². The van der Waals surface area contributed by atoms with Gasteiger partial charge in [0, 0.05) is 6.61 Å². The van der Waals surface area contributed by atoms with E-state index in [2.05, 4.69) is 20.8 Å². The second-order valence-electron chi connectivity index (χ2n) is 6.79. The third-order valence-corrected chi connectivity index (χ3v) is 4.75. The van der Waals surface area contributed by atoms with Gasteiger partial charge in [0.2, 0.25) is 0 Å². The molecule has 0 saturated heterocycles. The maximum Gasteiger partial charge on any atom is 0.0787 e. The van der Waals surface area contributed by atoms with E-state index in [-0.39, 0.29) is 0 Å². The molecule has 0 fully saturated rings. The topological polar surface area (TPSA) is 20.2 Å². The van der Waals surface area contributed by atoms with Crippen LogP contribution in [0.4, 0.5) is 0 Å². The van der Waals surface area contributed by atoms with Gasteiger partial charge in [-0.05, 0) is 51.4 Å². The predicted octanol–water partition coefficient (Wildman–Crippen LogP) is 5.15. The minimum Gasteiger partial charge on any atom is -0.396 e. The van der Waals surface area contributed by atoms with E-state index >= 15 is 0 Å². The molecule has 0 aliphatic rings. The van der Waals surface area contributed by atoms with Gasteiger partial charge in [0.05, 0.1) is 26.2 Å². The lowest BCUT2D eigenvalue weighted by Gasteiger charge is -2.39. The highest BCUT2D eigenvalue weighted by Gasteiger charge is 2.25. The highest BCUT2D eigenvalue weighted by molar-refractivity contribution is 4.51. The zero-order valence-corrected chi connectivity index (χ0v) is 15.2. The van der Waals surface area contributed by atoms with Crippen LogP contribution in [0.5, 0.6) is 0 Å². The Morgan fingerprint density at radius 1 is 0.524 bits per heavy atom. The standard InChI is InChI=1S/C19H42NO/c1-4-7-10-15-20(16-11-8-5-2,17-12-9-6-3)18-13-14-19-21/h21H,4-19H2,1-3H3/q+1. The summed E-state index contributed by atoms with van der Waals surface area (Å²) >= 11 is 0. The van der Waals surface area contributed by atoms with Crippen molar-refractivity contribution in [1.29, 1.82) is 0 Å². The molecule has 0 aromatic heterocycles. The summed E-state index contributed by atoms with van der Waals surface area (Å²) in [5, 5.41) is 9.10. The summed E-state index contributed by atoms with van der Waals surface area (Å²) in [5.74, 6) is 0. The maximum atomic E-state index is 9.10. The molecule has 0 aromatic rings. The summed E-state index contributed by atoms with van der Waals surface area (Å²) < 4.78 is 1.33. The van der Waals surface area contributed by atoms with Gasteiger partial charge in [-0.1, -0.05) is 40.0 Å². The minimum absolute atomic E-state index is 0.360. The first-order valence-corrected chi connectivity index (χ1v) is 9.70. The molecule has 2 heteroatoms. The lowest BCUT2D eigenvalue weighted by molar-refractivity contribution is -0.929. The number of quaternary nitrogens is 1. The second-order valence-corrected chi connectivity index (χ2v) is 6.79. The molecular formula is C19H42NO+. The number of hydrogen-bond donors (Lipinski definition) is 1. The Hall–Kier alpha value is -0.0800. The first-order valence-electron chi connectivity index (χ1n) is 9.70. The van der Waals surface area contributed by atoms with E-state index in [0.717, 1.165) is 6.42 Å². The fraction of sp³-hybridized carbons (Fsp3) is 1.00. The summed E-state index contributed by atoms with van der Waals surface area (Å²) in [5.41, 5.74) is 0. The molecule has 0 unspecified atom stereocenters. The number of hydrogen-bond acceptors (Lipinski definition) is 1. The monoisotopic (exact) mass is 300 g/mol. The number of rotatable bonds is 16. The first-order chi connectivity index (χ1) is 10.2. The van der Waals surface area contributed by atoms with E-state index in [9.17, 15) is 0 Å². The smallest absolute Gasteiger partial charge is 0.0787 e. The Kier molecular flexibility index (Phi) is 14.8. The molecule has 0 aliphatic carbocycles. The van der Waals surface area contributed by atoms with Crippen LogP contribution in [-0.2, 0) is 0 Å². The van der Waals surface area contributed by atoms with Crippen LogP contribution in [0.25, 0.3) is 0 Å². The van der Waals surface area contributed by atoms with Gasteiger partial charge in [-0.2, -0.15) is 0 Å². The molecule has 0 spiro atoms. The number of aliphatic hydroxyl groups is 1. The summed E-state index contributed by atoms with van der Waals surface area (Å²) in [4.78, 5) is 0. The molecular weight excluding hydrogens is 258 g/mol. The van der Waals surface area contributed by atoms with Gasteiger partial charge >= 0.3 is 0 Å². The lowest BCUT2D eigenvalue weighted by atomic mass is 10.1. The number of unbranched alkanes of at least 4 members (excludes halogenated alkanes) is 7. The predicted molar refractivity (Wildman–Crippen MR) is 94.6 cm³/mol. The van der Waals surface area contributed by atoms with Gasteiger partial charge in [-0.3, -0.25) is 0 Å². The van der Waals surface area contributed by atoms with E-state index in [4.69, 9.17) is 5.11 Å². The first kappa shape index (κ1) is 20.9. The van der Waals surface area contributed by atoms with Crippen molar-refractivity contribution in [1.82, 2.24) is 0 Å². The molecule has 0 atom stereocenters. The van der Waals surface area contributed by atoms with Crippen molar-refractivity contribution in [3.8, 4) is 0 Å². The van der Waals surface area contributed by atoms with Crippen LogP contribution in [0, 0.1) is 0 Å². The third-order valence-electron chi connectivity index (χ3n) is 4.75. The highest BCUT2D eigenvalue weighted by atomic mass is 16.2. The fourth-order valence-corrected chi connectivity index (χ4v) is 3.32. The summed E-state index contributed by atoms with van der Waals surface area (Å²) in [6.07, 6.45) is 14.4. The fourth-order valence-electron chi connectivity index (χ4n) is 3.32. The van der Waals surface area contributed by atoms with E-state index in [1.54, 1.807) is 0 Å². The Morgan fingerprint density at radius 2 is 0.857 bits per heavy atom. The molecule has 1 N–H and O–H groups in total. The van der Waals surface area contributed by atoms with Crippen molar-refractivity contribution in [2.24, 2.45) is 0 Å². The molecule has 21 heavy (non-hydrogen) atoms. The van der Waals surface area contributed by atoms with Gasteiger partial charge in [0.15, 0.2) is 0 Å². The van der Waals surface area contributed by atoms with Crippen LogP contribution in [0.15, 0.2) is 0 Å². The van der Waals surface area contributed by atoms with Crippen LogP contribution >= 0.6 is 0 Å². The number of aliphatic hydroxyl groups excluding tert-OH is 1. The van der Waals surface area contributed by atoms with Crippen LogP contribution in [0.1, 0.15) is 91.4 Å². The molecule has 0 heterocycles. The van der Waals surface area contributed by atoms with E-state index in [1.807, 2.05) is 0 Å². The van der Waals surface area contributed by atoms with Gasteiger partial charge in [0.25, 0.3) is 0 Å². The van der Waals surface area contributed by atoms with Crippen molar-refractivity contribution in [3.63, 3.8) is 0 Å². The van der Waals surface area contributed by atoms with Crippen molar-refractivity contribution in [2.75, 3.05) is 32.8 Å². The summed E-state index contributed by atoms with van der Waals surface area (Å²) in [6, 6.07) is 0. The average molecular weight is 301 g/mol. The van der Waals surface area contributed by atoms with Crippen LogP contribution < -0.4 is 0 Å². The van der Waals surface area contributed by atoms with Crippen LogP contribution in [0.3, 0.4) is 0 Å².